The summed E-state index contributed by atoms with van der Waals surface area (Å²) in [6.45, 7) is 3.64. The minimum Gasteiger partial charge on any atom is -0.397 e. The zero-order valence-corrected chi connectivity index (χ0v) is 11.3. The van der Waals surface area contributed by atoms with E-state index in [1.807, 2.05) is 6.07 Å². The quantitative estimate of drug-likeness (QED) is 0.823. The molecule has 0 spiro atoms. The summed E-state index contributed by atoms with van der Waals surface area (Å²) in [7, 11) is -3.70. The van der Waals surface area contributed by atoms with Gasteiger partial charge in [0.25, 0.3) is 10.0 Å². The molecule has 1 rings (SSSR count). The number of sulfonamides is 1. The van der Waals surface area contributed by atoms with E-state index in [2.05, 4.69) is 0 Å². The lowest BCUT2D eigenvalue weighted by atomic mass is 10.3. The van der Waals surface area contributed by atoms with Crippen molar-refractivity contribution < 1.29 is 8.42 Å². The van der Waals surface area contributed by atoms with Crippen LogP contribution in [0.2, 0.25) is 0 Å². The van der Waals surface area contributed by atoms with Crippen LogP contribution >= 0.6 is 0 Å². The lowest BCUT2D eigenvalue weighted by Gasteiger charge is -2.26. The van der Waals surface area contributed by atoms with Crippen LogP contribution in [0.3, 0.4) is 0 Å². The zero-order valence-electron chi connectivity index (χ0n) is 10.5. The smallest absolute Gasteiger partial charge is 0.251 e. The Bertz CT molecular complexity index is 549. The molecule has 2 N–H and O–H groups in total. The van der Waals surface area contributed by atoms with Crippen LogP contribution in [0.15, 0.2) is 24.3 Å². The van der Waals surface area contributed by atoms with E-state index in [0.29, 0.717) is 11.4 Å². The number of benzene rings is 1. The van der Waals surface area contributed by atoms with Crippen molar-refractivity contribution in [2.24, 2.45) is 0 Å². The molecule has 1 unspecified atom stereocenters. The van der Waals surface area contributed by atoms with Gasteiger partial charge in [0.2, 0.25) is 0 Å². The maximum atomic E-state index is 12.3. The summed E-state index contributed by atoms with van der Waals surface area (Å²) in [5, 5.41) is 7.89. The van der Waals surface area contributed by atoms with Crippen molar-refractivity contribution in [3.8, 4) is 6.07 Å². The van der Waals surface area contributed by atoms with Gasteiger partial charge in [-0.1, -0.05) is 19.1 Å². The fourth-order valence-electron chi connectivity index (χ4n) is 1.72. The van der Waals surface area contributed by atoms with Crippen molar-refractivity contribution in [2.45, 2.75) is 25.5 Å². The summed E-state index contributed by atoms with van der Waals surface area (Å²) < 4.78 is 25.8. The molecule has 0 fully saturated rings. The van der Waals surface area contributed by atoms with Gasteiger partial charge in [-0.25, -0.2) is 8.42 Å². The molecule has 0 heterocycles. The number of rotatable bonds is 5. The molecule has 0 saturated carbocycles. The highest BCUT2D eigenvalue weighted by Gasteiger charge is 2.31. The van der Waals surface area contributed by atoms with Gasteiger partial charge in [-0.3, -0.25) is 4.31 Å². The SMILES string of the molecule is CCC(C#N)S(=O)(=O)N(CC)c1ccccc1N. The van der Waals surface area contributed by atoms with Gasteiger partial charge in [0, 0.05) is 6.54 Å². The number of hydrogen-bond donors (Lipinski definition) is 1. The largest absolute Gasteiger partial charge is 0.397 e. The average molecular weight is 267 g/mol. The summed E-state index contributed by atoms with van der Waals surface area (Å²) in [5.74, 6) is 0. The Labute approximate surface area is 108 Å². The van der Waals surface area contributed by atoms with E-state index >= 15 is 0 Å². The third kappa shape index (κ3) is 2.57. The second-order valence-corrected chi connectivity index (χ2v) is 5.83. The maximum absolute atomic E-state index is 12.3. The lowest BCUT2D eigenvalue weighted by Crippen LogP contribution is -2.38. The maximum Gasteiger partial charge on any atom is 0.251 e. The van der Waals surface area contributed by atoms with Crippen molar-refractivity contribution in [1.82, 2.24) is 0 Å². The second-order valence-electron chi connectivity index (χ2n) is 3.79. The molecule has 1 aromatic carbocycles. The number of nitriles is 1. The average Bonchev–Trinajstić information content (AvgIpc) is 2.33. The number of nitrogen functional groups attached to an aromatic ring is 1. The van der Waals surface area contributed by atoms with Crippen LogP contribution < -0.4 is 10.0 Å². The Kier molecular flexibility index (Phi) is 4.56. The van der Waals surface area contributed by atoms with Crippen molar-refractivity contribution >= 4 is 21.4 Å². The molecule has 0 aliphatic carbocycles. The Balaban J connectivity index is 3.28. The predicted octanol–water partition coefficient (Wildman–Crippen LogP) is 1.73. The van der Waals surface area contributed by atoms with Gasteiger partial charge < -0.3 is 5.73 Å². The van der Waals surface area contributed by atoms with Gasteiger partial charge in [-0.15, -0.1) is 0 Å². The monoisotopic (exact) mass is 267 g/mol. The molecule has 0 aliphatic rings. The molecule has 0 radical (unpaired) electrons. The highest BCUT2D eigenvalue weighted by atomic mass is 32.2. The number of hydrogen-bond acceptors (Lipinski definition) is 4. The highest BCUT2D eigenvalue weighted by Crippen LogP contribution is 2.27. The Morgan fingerprint density at radius 3 is 2.44 bits per heavy atom. The van der Waals surface area contributed by atoms with Gasteiger partial charge in [-0.2, -0.15) is 5.26 Å². The molecule has 1 atom stereocenters. The highest BCUT2D eigenvalue weighted by molar-refractivity contribution is 7.93. The topological polar surface area (TPSA) is 87.2 Å². The van der Waals surface area contributed by atoms with E-state index in [1.165, 1.54) is 4.31 Å². The van der Waals surface area contributed by atoms with Gasteiger partial charge in [0.05, 0.1) is 17.4 Å². The molecule has 18 heavy (non-hydrogen) atoms. The first-order chi connectivity index (χ1) is 8.48. The predicted molar refractivity (Wildman–Crippen MR) is 72.5 cm³/mol. The molecule has 5 nitrogen and oxygen atoms in total. The Morgan fingerprint density at radius 2 is 2.00 bits per heavy atom. The molecule has 0 bridgehead atoms. The van der Waals surface area contributed by atoms with Crippen molar-refractivity contribution in [2.75, 3.05) is 16.6 Å². The van der Waals surface area contributed by atoms with E-state index in [0.717, 1.165) is 0 Å². The number of para-hydroxylation sites is 2. The van der Waals surface area contributed by atoms with E-state index in [4.69, 9.17) is 11.0 Å². The van der Waals surface area contributed by atoms with Crippen molar-refractivity contribution in [1.29, 1.82) is 5.26 Å². The number of nitrogens with zero attached hydrogens (tertiary/aromatic N) is 2. The van der Waals surface area contributed by atoms with E-state index in [1.54, 1.807) is 38.1 Å². The van der Waals surface area contributed by atoms with E-state index < -0.39 is 15.3 Å². The van der Waals surface area contributed by atoms with Crippen LogP contribution in [0.5, 0.6) is 0 Å². The molecule has 0 amide bonds. The first kappa shape index (κ1) is 14.3. The van der Waals surface area contributed by atoms with Gasteiger partial charge >= 0.3 is 0 Å². The zero-order chi connectivity index (χ0) is 13.8. The summed E-state index contributed by atoms with van der Waals surface area (Å²) in [6, 6.07) is 8.56. The van der Waals surface area contributed by atoms with Crippen LogP contribution in [-0.2, 0) is 10.0 Å². The third-order valence-corrected chi connectivity index (χ3v) is 4.90. The fraction of sp³-hybridized carbons (Fsp3) is 0.417. The van der Waals surface area contributed by atoms with Crippen LogP contribution in [-0.4, -0.2) is 20.2 Å². The fourth-order valence-corrected chi connectivity index (χ4v) is 3.39. The summed E-state index contributed by atoms with van der Waals surface area (Å²) >= 11 is 0. The van der Waals surface area contributed by atoms with Crippen LogP contribution in [0.4, 0.5) is 11.4 Å². The van der Waals surface area contributed by atoms with Crippen LogP contribution in [0.25, 0.3) is 0 Å². The minimum atomic E-state index is -3.70. The lowest BCUT2D eigenvalue weighted by molar-refractivity contribution is 0.583. The summed E-state index contributed by atoms with van der Waals surface area (Å²) in [5.41, 5.74) is 6.60. The molecule has 0 aromatic heterocycles. The Hall–Kier alpha value is -1.74. The molecule has 0 saturated heterocycles. The van der Waals surface area contributed by atoms with E-state index in [-0.39, 0.29) is 13.0 Å². The van der Waals surface area contributed by atoms with Gasteiger partial charge in [0.15, 0.2) is 5.25 Å². The van der Waals surface area contributed by atoms with Gasteiger partial charge in [-0.05, 0) is 25.5 Å². The molecule has 1 aromatic rings. The van der Waals surface area contributed by atoms with Crippen molar-refractivity contribution in [3.05, 3.63) is 24.3 Å². The van der Waals surface area contributed by atoms with Gasteiger partial charge in [0.1, 0.15) is 0 Å². The third-order valence-electron chi connectivity index (χ3n) is 2.67. The molecular weight excluding hydrogens is 250 g/mol. The molecule has 0 aliphatic heterocycles. The Morgan fingerprint density at radius 1 is 1.39 bits per heavy atom. The first-order valence-electron chi connectivity index (χ1n) is 5.74. The number of nitrogens with two attached hydrogens (primary N) is 1. The number of anilines is 2. The van der Waals surface area contributed by atoms with Crippen molar-refractivity contribution in [3.63, 3.8) is 0 Å². The van der Waals surface area contributed by atoms with Crippen LogP contribution in [0.1, 0.15) is 20.3 Å². The molecular formula is C12H17N3O2S. The summed E-state index contributed by atoms with van der Waals surface area (Å²) in [6.07, 6.45) is 0.252. The van der Waals surface area contributed by atoms with Crippen LogP contribution in [0, 0.1) is 11.3 Å². The molecule has 6 heteroatoms. The first-order valence-corrected chi connectivity index (χ1v) is 7.25. The second kappa shape index (κ2) is 5.74. The summed E-state index contributed by atoms with van der Waals surface area (Å²) in [4.78, 5) is 0. The molecule has 98 valence electrons. The van der Waals surface area contributed by atoms with E-state index in [9.17, 15) is 8.42 Å². The minimum absolute atomic E-state index is 0.245. The normalized spacial score (nSPS) is 12.7. The standard InChI is InChI=1S/C12H17N3O2S/c1-3-10(9-13)18(16,17)15(4-2)12-8-6-5-7-11(12)14/h5-8,10H,3-4,14H2,1-2H3.